The molecule has 6 heteroatoms. The molecule has 0 saturated carbocycles. The van der Waals surface area contributed by atoms with Crippen LogP contribution in [0.3, 0.4) is 0 Å². The van der Waals surface area contributed by atoms with E-state index in [0.29, 0.717) is 23.5 Å². The number of anilines is 2. The minimum Gasteiger partial charge on any atom is -0.397 e. The van der Waals surface area contributed by atoms with Crippen molar-refractivity contribution in [2.24, 2.45) is 0 Å². The van der Waals surface area contributed by atoms with Gasteiger partial charge in [-0.3, -0.25) is 0 Å². The Morgan fingerprint density at radius 3 is 2.95 bits per heavy atom. The summed E-state index contributed by atoms with van der Waals surface area (Å²) in [5, 5.41) is 16.1. The Hall–Kier alpha value is -2.52. The van der Waals surface area contributed by atoms with Crippen molar-refractivity contribution in [3.63, 3.8) is 0 Å². The van der Waals surface area contributed by atoms with E-state index >= 15 is 0 Å². The molecule has 0 fully saturated rings. The Morgan fingerprint density at radius 1 is 1.42 bits per heavy atom. The molecule has 0 aliphatic heterocycles. The molecule has 19 heavy (non-hydrogen) atoms. The van der Waals surface area contributed by atoms with E-state index in [1.165, 1.54) is 0 Å². The van der Waals surface area contributed by atoms with E-state index in [0.717, 1.165) is 4.88 Å². The molecular formula is C13H12N4OS. The number of carbonyl (C=O) groups excluding carboxylic acids is 1. The van der Waals surface area contributed by atoms with Gasteiger partial charge in [0.05, 0.1) is 29.6 Å². The number of rotatable bonds is 3. The van der Waals surface area contributed by atoms with Gasteiger partial charge in [0.25, 0.3) is 0 Å². The number of benzene rings is 1. The number of hydrogen-bond donors (Lipinski definition) is 3. The number of thiophene rings is 1. The van der Waals surface area contributed by atoms with Gasteiger partial charge in [0.15, 0.2) is 0 Å². The molecule has 0 spiro atoms. The van der Waals surface area contributed by atoms with Crippen molar-refractivity contribution >= 4 is 28.7 Å². The fourth-order valence-electron chi connectivity index (χ4n) is 1.48. The van der Waals surface area contributed by atoms with Crippen molar-refractivity contribution in [2.75, 3.05) is 11.1 Å². The summed E-state index contributed by atoms with van der Waals surface area (Å²) in [6.45, 7) is 0.460. The number of amides is 2. The van der Waals surface area contributed by atoms with Crippen molar-refractivity contribution in [2.45, 2.75) is 6.54 Å². The molecule has 1 aromatic heterocycles. The summed E-state index contributed by atoms with van der Waals surface area (Å²) in [4.78, 5) is 12.8. The maximum absolute atomic E-state index is 11.7. The van der Waals surface area contributed by atoms with Crippen molar-refractivity contribution in [1.82, 2.24) is 5.32 Å². The van der Waals surface area contributed by atoms with Crippen molar-refractivity contribution in [3.8, 4) is 6.07 Å². The van der Waals surface area contributed by atoms with Crippen LogP contribution in [0.1, 0.15) is 10.4 Å². The smallest absolute Gasteiger partial charge is 0.319 e. The van der Waals surface area contributed by atoms with Gasteiger partial charge in [0.2, 0.25) is 0 Å². The van der Waals surface area contributed by atoms with E-state index in [9.17, 15) is 4.79 Å². The van der Waals surface area contributed by atoms with E-state index in [2.05, 4.69) is 10.6 Å². The lowest BCUT2D eigenvalue weighted by Crippen LogP contribution is -2.28. The minimum absolute atomic E-state index is 0.352. The Kier molecular flexibility index (Phi) is 4.00. The molecule has 0 bridgehead atoms. The zero-order valence-corrected chi connectivity index (χ0v) is 10.8. The third-order valence-corrected chi connectivity index (χ3v) is 3.31. The summed E-state index contributed by atoms with van der Waals surface area (Å²) < 4.78 is 0. The maximum Gasteiger partial charge on any atom is 0.319 e. The first-order valence-corrected chi connectivity index (χ1v) is 6.44. The van der Waals surface area contributed by atoms with Crippen LogP contribution in [0.25, 0.3) is 0 Å². The van der Waals surface area contributed by atoms with Crippen LogP contribution in [-0.2, 0) is 6.54 Å². The largest absolute Gasteiger partial charge is 0.397 e. The highest BCUT2D eigenvalue weighted by molar-refractivity contribution is 7.09. The van der Waals surface area contributed by atoms with Crippen LogP contribution >= 0.6 is 11.3 Å². The highest BCUT2D eigenvalue weighted by atomic mass is 32.1. The van der Waals surface area contributed by atoms with Gasteiger partial charge in [-0.05, 0) is 29.6 Å². The molecule has 0 atom stereocenters. The molecule has 0 aliphatic carbocycles. The maximum atomic E-state index is 11.7. The van der Waals surface area contributed by atoms with Crippen LogP contribution in [0.5, 0.6) is 0 Å². The second kappa shape index (κ2) is 5.89. The topological polar surface area (TPSA) is 90.9 Å². The summed E-state index contributed by atoms with van der Waals surface area (Å²) in [7, 11) is 0. The number of nitriles is 1. The van der Waals surface area contributed by atoms with Gasteiger partial charge in [0, 0.05) is 4.88 Å². The van der Waals surface area contributed by atoms with E-state index in [1.807, 2.05) is 23.6 Å². The van der Waals surface area contributed by atoms with Crippen molar-refractivity contribution in [3.05, 3.63) is 46.2 Å². The van der Waals surface area contributed by atoms with E-state index in [1.54, 1.807) is 29.5 Å². The molecule has 1 aromatic carbocycles. The molecular weight excluding hydrogens is 260 g/mol. The number of nitrogens with one attached hydrogen (secondary N) is 2. The average Bonchev–Trinajstić information content (AvgIpc) is 2.92. The average molecular weight is 272 g/mol. The number of urea groups is 1. The van der Waals surface area contributed by atoms with Gasteiger partial charge in [0.1, 0.15) is 0 Å². The number of nitrogen functional groups attached to an aromatic ring is 1. The van der Waals surface area contributed by atoms with Gasteiger partial charge in [-0.25, -0.2) is 4.79 Å². The van der Waals surface area contributed by atoms with Gasteiger partial charge in [-0.1, -0.05) is 6.07 Å². The molecule has 2 aromatic rings. The molecule has 96 valence electrons. The molecule has 0 aliphatic rings. The van der Waals surface area contributed by atoms with E-state index in [-0.39, 0.29) is 6.03 Å². The first-order chi connectivity index (χ1) is 9.19. The third kappa shape index (κ3) is 3.47. The third-order valence-electron chi connectivity index (χ3n) is 2.43. The summed E-state index contributed by atoms with van der Waals surface area (Å²) >= 11 is 1.57. The first-order valence-electron chi connectivity index (χ1n) is 5.56. The highest BCUT2D eigenvalue weighted by Crippen LogP contribution is 2.19. The lowest BCUT2D eigenvalue weighted by molar-refractivity contribution is 0.252. The van der Waals surface area contributed by atoms with Gasteiger partial charge in [-0.15, -0.1) is 11.3 Å². The van der Waals surface area contributed by atoms with Crippen LogP contribution in [0.4, 0.5) is 16.2 Å². The van der Waals surface area contributed by atoms with Crippen LogP contribution in [0, 0.1) is 11.3 Å². The van der Waals surface area contributed by atoms with Crippen LogP contribution in [0.2, 0.25) is 0 Å². The molecule has 0 saturated heterocycles. The number of carbonyl (C=O) groups is 1. The van der Waals surface area contributed by atoms with E-state index < -0.39 is 0 Å². The van der Waals surface area contributed by atoms with Gasteiger partial charge < -0.3 is 16.4 Å². The monoisotopic (exact) mass is 272 g/mol. The Morgan fingerprint density at radius 2 is 2.26 bits per heavy atom. The van der Waals surface area contributed by atoms with Crippen LogP contribution in [-0.4, -0.2) is 6.03 Å². The quantitative estimate of drug-likeness (QED) is 0.750. The number of nitrogens with two attached hydrogens (primary N) is 1. The molecule has 5 nitrogen and oxygen atoms in total. The fraction of sp³-hybridized carbons (Fsp3) is 0.0769. The Balaban J connectivity index is 1.97. The SMILES string of the molecule is N#Cc1ccc(N)c(NC(=O)NCc2cccs2)c1. The van der Waals surface area contributed by atoms with Gasteiger partial charge >= 0.3 is 6.03 Å². The summed E-state index contributed by atoms with van der Waals surface area (Å²) in [6, 6.07) is 10.2. The Labute approximate surface area is 114 Å². The molecule has 2 amide bonds. The summed E-state index contributed by atoms with van der Waals surface area (Å²) in [6.07, 6.45) is 0. The highest BCUT2D eigenvalue weighted by Gasteiger charge is 2.06. The number of nitrogens with zero attached hydrogens (tertiary/aromatic N) is 1. The Bertz CT molecular complexity index is 616. The first kappa shape index (κ1) is 12.9. The fourth-order valence-corrected chi connectivity index (χ4v) is 2.13. The minimum atomic E-state index is -0.352. The predicted molar refractivity (Wildman–Crippen MR) is 75.7 cm³/mol. The zero-order chi connectivity index (χ0) is 13.7. The molecule has 1 heterocycles. The standard InChI is InChI=1S/C13H12N4OS/c14-7-9-3-4-11(15)12(6-9)17-13(18)16-8-10-2-1-5-19-10/h1-6H,8,15H2,(H2,16,17,18). The summed E-state index contributed by atoms with van der Waals surface area (Å²) in [5.74, 6) is 0. The normalized spacial score (nSPS) is 9.63. The molecule has 0 radical (unpaired) electrons. The lowest BCUT2D eigenvalue weighted by atomic mass is 10.2. The second-order valence-electron chi connectivity index (χ2n) is 3.80. The molecule has 0 unspecified atom stereocenters. The predicted octanol–water partition coefficient (Wildman–Crippen LogP) is 2.52. The van der Waals surface area contributed by atoms with Crippen molar-refractivity contribution in [1.29, 1.82) is 5.26 Å². The van der Waals surface area contributed by atoms with Crippen LogP contribution in [0.15, 0.2) is 35.7 Å². The zero-order valence-electron chi connectivity index (χ0n) is 10.0. The van der Waals surface area contributed by atoms with Crippen molar-refractivity contribution < 1.29 is 4.79 Å². The van der Waals surface area contributed by atoms with Crippen LogP contribution < -0.4 is 16.4 Å². The second-order valence-corrected chi connectivity index (χ2v) is 4.83. The van der Waals surface area contributed by atoms with E-state index in [4.69, 9.17) is 11.0 Å². The van der Waals surface area contributed by atoms with Gasteiger partial charge in [-0.2, -0.15) is 5.26 Å². The lowest BCUT2D eigenvalue weighted by Gasteiger charge is -2.09. The molecule has 4 N–H and O–H groups in total. The molecule has 2 rings (SSSR count). The number of hydrogen-bond acceptors (Lipinski definition) is 4. The summed E-state index contributed by atoms with van der Waals surface area (Å²) in [5.41, 5.74) is 7.03.